The molecule has 1 aromatic carbocycles. The first-order valence-corrected chi connectivity index (χ1v) is 6.36. The largest absolute Gasteiger partial charge is 0.496 e. The summed E-state index contributed by atoms with van der Waals surface area (Å²) >= 11 is 0. The van der Waals surface area contributed by atoms with E-state index in [0.717, 1.165) is 0 Å². The minimum Gasteiger partial charge on any atom is -0.496 e. The number of ether oxygens (including phenoxy) is 3. The lowest BCUT2D eigenvalue weighted by Crippen LogP contribution is -2.08. The molecule has 2 aromatic rings. The molecule has 0 bridgehead atoms. The second-order valence-electron chi connectivity index (χ2n) is 4.27. The van der Waals surface area contributed by atoms with Crippen molar-refractivity contribution in [3.05, 3.63) is 41.8 Å². The quantitative estimate of drug-likeness (QED) is 0.887. The molecule has 0 fully saturated rings. The van der Waals surface area contributed by atoms with Gasteiger partial charge in [0.1, 0.15) is 17.2 Å². The van der Waals surface area contributed by atoms with E-state index in [0.29, 0.717) is 29.4 Å². The van der Waals surface area contributed by atoms with Crippen molar-refractivity contribution in [1.29, 1.82) is 0 Å². The lowest BCUT2D eigenvalue weighted by atomic mass is 10.2. The second kappa shape index (κ2) is 6.90. The van der Waals surface area contributed by atoms with Crippen molar-refractivity contribution in [3.63, 3.8) is 0 Å². The third-order valence-electron chi connectivity index (χ3n) is 2.84. The van der Waals surface area contributed by atoms with Crippen LogP contribution in [0.1, 0.15) is 5.56 Å². The Bertz CT molecular complexity index is 598. The van der Waals surface area contributed by atoms with Gasteiger partial charge in [0.15, 0.2) is 5.82 Å². The zero-order valence-electron chi connectivity index (χ0n) is 12.1. The Hall–Kier alpha value is -2.34. The number of nitrogens with one attached hydrogen (secondary N) is 1. The molecular formula is C15H17FN2O3. The summed E-state index contributed by atoms with van der Waals surface area (Å²) in [4.78, 5) is 3.92. The van der Waals surface area contributed by atoms with Gasteiger partial charge in [-0.3, -0.25) is 0 Å². The first-order valence-electron chi connectivity index (χ1n) is 6.36. The molecule has 0 saturated heterocycles. The van der Waals surface area contributed by atoms with Gasteiger partial charge in [-0.1, -0.05) is 0 Å². The zero-order chi connectivity index (χ0) is 15.2. The minimum absolute atomic E-state index is 0.0851. The van der Waals surface area contributed by atoms with E-state index >= 15 is 0 Å². The number of rotatable bonds is 6. The molecule has 6 heteroatoms. The highest BCUT2D eigenvalue weighted by molar-refractivity contribution is 5.43. The Kier molecular flexibility index (Phi) is 4.94. The maximum atomic E-state index is 14.2. The molecule has 0 saturated carbocycles. The van der Waals surface area contributed by atoms with E-state index in [9.17, 15) is 4.39 Å². The summed E-state index contributed by atoms with van der Waals surface area (Å²) in [6.45, 7) is 0.395. The molecule has 0 aliphatic rings. The Morgan fingerprint density at radius 1 is 1.10 bits per heavy atom. The zero-order valence-corrected chi connectivity index (χ0v) is 12.1. The van der Waals surface area contributed by atoms with E-state index < -0.39 is 5.82 Å². The van der Waals surface area contributed by atoms with Gasteiger partial charge in [-0.2, -0.15) is 0 Å². The van der Waals surface area contributed by atoms with Crippen molar-refractivity contribution in [2.24, 2.45) is 0 Å². The van der Waals surface area contributed by atoms with Crippen LogP contribution < -0.4 is 19.5 Å². The summed E-state index contributed by atoms with van der Waals surface area (Å²) in [5.74, 6) is 0.915. The van der Waals surface area contributed by atoms with Crippen LogP contribution in [0.5, 0.6) is 23.1 Å². The van der Waals surface area contributed by atoms with Crippen LogP contribution in [0.15, 0.2) is 30.5 Å². The third-order valence-corrected chi connectivity index (χ3v) is 2.84. The van der Waals surface area contributed by atoms with Gasteiger partial charge < -0.3 is 19.5 Å². The van der Waals surface area contributed by atoms with Gasteiger partial charge in [0, 0.05) is 36.5 Å². The number of methoxy groups -OCH3 is 2. The molecular weight excluding hydrogens is 275 g/mol. The van der Waals surface area contributed by atoms with Crippen molar-refractivity contribution >= 4 is 0 Å². The van der Waals surface area contributed by atoms with Crippen LogP contribution in [-0.2, 0) is 6.54 Å². The third kappa shape index (κ3) is 3.61. The maximum Gasteiger partial charge on any atom is 0.256 e. The van der Waals surface area contributed by atoms with E-state index in [4.69, 9.17) is 14.2 Å². The predicted molar refractivity (Wildman–Crippen MR) is 76.6 cm³/mol. The Balaban J connectivity index is 2.31. The van der Waals surface area contributed by atoms with Crippen LogP contribution >= 0.6 is 0 Å². The van der Waals surface area contributed by atoms with Crippen LogP contribution in [0.2, 0.25) is 0 Å². The first kappa shape index (κ1) is 15.1. The maximum absolute atomic E-state index is 14.2. The fourth-order valence-electron chi connectivity index (χ4n) is 1.81. The second-order valence-corrected chi connectivity index (χ2v) is 4.27. The molecule has 112 valence electrons. The first-order chi connectivity index (χ1) is 10.2. The molecule has 2 rings (SSSR count). The van der Waals surface area contributed by atoms with Crippen LogP contribution in [0.3, 0.4) is 0 Å². The van der Waals surface area contributed by atoms with E-state index in [-0.39, 0.29) is 5.88 Å². The van der Waals surface area contributed by atoms with Gasteiger partial charge in [-0.05, 0) is 13.1 Å². The van der Waals surface area contributed by atoms with Gasteiger partial charge >= 0.3 is 0 Å². The monoisotopic (exact) mass is 292 g/mol. The summed E-state index contributed by atoms with van der Waals surface area (Å²) in [5.41, 5.74) is 0.484. The molecule has 1 aromatic heterocycles. The SMILES string of the molecule is CNCc1ccnc(Oc2cc(OC)cc(OC)c2)c1F. The highest BCUT2D eigenvalue weighted by Crippen LogP contribution is 2.31. The van der Waals surface area contributed by atoms with Crippen molar-refractivity contribution in [1.82, 2.24) is 10.3 Å². The predicted octanol–water partition coefficient (Wildman–Crippen LogP) is 2.75. The van der Waals surface area contributed by atoms with Crippen molar-refractivity contribution < 1.29 is 18.6 Å². The molecule has 0 unspecified atom stereocenters. The van der Waals surface area contributed by atoms with Crippen LogP contribution in [-0.4, -0.2) is 26.3 Å². The number of hydrogen-bond donors (Lipinski definition) is 1. The van der Waals surface area contributed by atoms with Crippen LogP contribution in [0.4, 0.5) is 4.39 Å². The summed E-state index contributed by atoms with van der Waals surface area (Å²) in [5, 5.41) is 2.89. The Morgan fingerprint density at radius 2 is 1.71 bits per heavy atom. The fourth-order valence-corrected chi connectivity index (χ4v) is 1.81. The lowest BCUT2D eigenvalue weighted by molar-refractivity contribution is 0.379. The van der Waals surface area contributed by atoms with Crippen molar-refractivity contribution in [2.75, 3.05) is 21.3 Å². The van der Waals surface area contributed by atoms with E-state index in [2.05, 4.69) is 10.3 Å². The standard InChI is InChI=1S/C15H17FN2O3/c1-17-9-10-4-5-18-15(14(10)16)21-13-7-11(19-2)6-12(8-13)20-3/h4-8,17H,9H2,1-3H3. The molecule has 0 atom stereocenters. The summed E-state index contributed by atoms with van der Waals surface area (Å²) in [7, 11) is 4.81. The molecule has 0 aliphatic carbocycles. The van der Waals surface area contributed by atoms with Crippen molar-refractivity contribution in [3.8, 4) is 23.1 Å². The average molecular weight is 292 g/mol. The minimum atomic E-state index is -0.492. The molecule has 1 heterocycles. The number of halogens is 1. The lowest BCUT2D eigenvalue weighted by Gasteiger charge is -2.11. The van der Waals surface area contributed by atoms with Crippen LogP contribution in [0, 0.1) is 5.82 Å². The van der Waals surface area contributed by atoms with Crippen LogP contribution in [0.25, 0.3) is 0 Å². The molecule has 0 radical (unpaired) electrons. The smallest absolute Gasteiger partial charge is 0.256 e. The van der Waals surface area contributed by atoms with Crippen molar-refractivity contribution in [2.45, 2.75) is 6.54 Å². The molecule has 5 nitrogen and oxygen atoms in total. The number of aromatic nitrogens is 1. The Labute approximate surface area is 122 Å². The van der Waals surface area contributed by atoms with E-state index in [1.54, 1.807) is 31.3 Å². The Morgan fingerprint density at radius 3 is 2.29 bits per heavy atom. The summed E-state index contributed by atoms with van der Waals surface area (Å²) in [6, 6.07) is 6.57. The van der Waals surface area contributed by atoms with E-state index in [1.807, 2.05) is 0 Å². The van der Waals surface area contributed by atoms with Gasteiger partial charge in [0.25, 0.3) is 5.88 Å². The molecule has 0 aliphatic heterocycles. The average Bonchev–Trinajstić information content (AvgIpc) is 2.51. The molecule has 21 heavy (non-hydrogen) atoms. The fraction of sp³-hybridized carbons (Fsp3) is 0.267. The highest BCUT2D eigenvalue weighted by Gasteiger charge is 2.12. The molecule has 0 amide bonds. The van der Waals surface area contributed by atoms with Gasteiger partial charge in [-0.25, -0.2) is 9.37 Å². The summed E-state index contributed by atoms with van der Waals surface area (Å²) < 4.78 is 30.0. The molecule has 1 N–H and O–H groups in total. The number of hydrogen-bond acceptors (Lipinski definition) is 5. The molecule has 0 spiro atoms. The van der Waals surface area contributed by atoms with Gasteiger partial charge in [0.05, 0.1) is 14.2 Å². The number of nitrogens with zero attached hydrogens (tertiary/aromatic N) is 1. The van der Waals surface area contributed by atoms with Gasteiger partial charge in [-0.15, -0.1) is 0 Å². The highest BCUT2D eigenvalue weighted by atomic mass is 19.1. The number of benzene rings is 1. The van der Waals surface area contributed by atoms with Gasteiger partial charge in [0.2, 0.25) is 0 Å². The van der Waals surface area contributed by atoms with E-state index in [1.165, 1.54) is 20.4 Å². The topological polar surface area (TPSA) is 52.6 Å². The number of pyridine rings is 1. The summed E-state index contributed by atoms with van der Waals surface area (Å²) in [6.07, 6.45) is 1.50. The normalized spacial score (nSPS) is 10.3.